The molecule has 3 aromatic rings. The predicted molar refractivity (Wildman–Crippen MR) is 65.3 cm³/mol. The molecule has 18 heavy (non-hydrogen) atoms. The Morgan fingerprint density at radius 2 is 1.83 bits per heavy atom. The molecule has 0 spiro atoms. The van der Waals surface area contributed by atoms with Gasteiger partial charge >= 0.3 is 0 Å². The first-order valence-electron chi connectivity index (χ1n) is 5.55. The van der Waals surface area contributed by atoms with Crippen molar-refractivity contribution in [2.45, 2.75) is 6.92 Å². The van der Waals surface area contributed by atoms with Gasteiger partial charge in [-0.05, 0) is 19.1 Å². The van der Waals surface area contributed by atoms with Gasteiger partial charge in [0.05, 0.1) is 5.69 Å². The van der Waals surface area contributed by atoms with Gasteiger partial charge in [-0.15, -0.1) is 0 Å². The normalized spacial score (nSPS) is 11.1. The number of pyridine rings is 1. The first-order chi connectivity index (χ1) is 8.65. The van der Waals surface area contributed by atoms with Crippen molar-refractivity contribution in [2.24, 2.45) is 0 Å². The summed E-state index contributed by atoms with van der Waals surface area (Å²) < 4.78 is 29.1. The number of nitrogens with zero attached hydrogens (tertiary/aromatic N) is 2. The molecule has 0 fully saturated rings. The third kappa shape index (κ3) is 1.66. The largest absolute Gasteiger partial charge is 0.304 e. The molecule has 0 saturated carbocycles. The monoisotopic (exact) mass is 244 g/mol. The van der Waals surface area contributed by atoms with E-state index in [1.807, 2.05) is 0 Å². The van der Waals surface area contributed by atoms with Crippen molar-refractivity contribution in [3.63, 3.8) is 0 Å². The molecule has 3 rings (SSSR count). The van der Waals surface area contributed by atoms with Gasteiger partial charge in [0.1, 0.15) is 5.82 Å². The highest BCUT2D eigenvalue weighted by molar-refractivity contribution is 5.65. The summed E-state index contributed by atoms with van der Waals surface area (Å²) in [7, 11) is 0. The van der Waals surface area contributed by atoms with Crippen LogP contribution in [-0.4, -0.2) is 9.38 Å². The van der Waals surface area contributed by atoms with Crippen molar-refractivity contribution < 1.29 is 8.78 Å². The molecule has 0 aliphatic carbocycles. The zero-order valence-corrected chi connectivity index (χ0v) is 9.69. The van der Waals surface area contributed by atoms with Crippen molar-refractivity contribution in [3.8, 4) is 11.1 Å². The van der Waals surface area contributed by atoms with E-state index in [0.29, 0.717) is 11.1 Å². The van der Waals surface area contributed by atoms with Gasteiger partial charge in [0, 0.05) is 23.5 Å². The van der Waals surface area contributed by atoms with Crippen molar-refractivity contribution in [1.29, 1.82) is 0 Å². The zero-order valence-electron chi connectivity index (χ0n) is 9.69. The van der Waals surface area contributed by atoms with E-state index < -0.39 is 5.82 Å². The minimum Gasteiger partial charge on any atom is -0.304 e. The molecule has 0 aliphatic rings. The molecule has 1 aromatic carbocycles. The maximum absolute atomic E-state index is 13.9. The summed E-state index contributed by atoms with van der Waals surface area (Å²) in [5.74, 6) is -0.822. The summed E-state index contributed by atoms with van der Waals surface area (Å²) >= 11 is 0. The first kappa shape index (κ1) is 10.9. The van der Waals surface area contributed by atoms with E-state index in [4.69, 9.17) is 0 Å². The van der Waals surface area contributed by atoms with Crippen LogP contribution in [0.3, 0.4) is 0 Å². The Balaban J connectivity index is 2.28. The number of rotatable bonds is 1. The number of aryl methyl sites for hydroxylation is 1. The van der Waals surface area contributed by atoms with Crippen LogP contribution in [0.2, 0.25) is 0 Å². The Kier molecular flexibility index (Phi) is 2.37. The van der Waals surface area contributed by atoms with Crippen molar-refractivity contribution in [1.82, 2.24) is 9.38 Å². The number of hydrogen-bond donors (Lipinski definition) is 0. The van der Waals surface area contributed by atoms with Crippen molar-refractivity contribution in [3.05, 3.63) is 60.1 Å². The number of benzene rings is 1. The fourth-order valence-electron chi connectivity index (χ4n) is 2.02. The fraction of sp³-hybridized carbons (Fsp3) is 0.0714. The quantitative estimate of drug-likeness (QED) is 0.639. The smallest absolute Gasteiger partial charge is 0.173 e. The van der Waals surface area contributed by atoms with E-state index in [1.165, 1.54) is 12.1 Å². The summed E-state index contributed by atoms with van der Waals surface area (Å²) in [5, 5.41) is 0. The van der Waals surface area contributed by atoms with E-state index in [-0.39, 0.29) is 11.5 Å². The van der Waals surface area contributed by atoms with E-state index >= 15 is 0 Å². The second kappa shape index (κ2) is 3.91. The molecule has 0 bridgehead atoms. The first-order valence-corrected chi connectivity index (χ1v) is 5.55. The summed E-state index contributed by atoms with van der Waals surface area (Å²) in [6.45, 7) is 1.79. The standard InChI is InChI=1S/C14H10F2N2/c1-9-7-18-8-10(6-13(16)14(18)17-9)11-4-2-3-5-12(11)15/h2-8H,1H3. The van der Waals surface area contributed by atoms with Gasteiger partial charge < -0.3 is 4.40 Å². The van der Waals surface area contributed by atoms with Crippen LogP contribution in [-0.2, 0) is 0 Å². The Labute approximate surface area is 103 Å². The highest BCUT2D eigenvalue weighted by Gasteiger charge is 2.10. The Morgan fingerprint density at radius 3 is 2.61 bits per heavy atom. The van der Waals surface area contributed by atoms with Crippen LogP contribution in [0.4, 0.5) is 8.78 Å². The summed E-state index contributed by atoms with van der Waals surface area (Å²) in [5.41, 5.74) is 1.85. The number of hydrogen-bond acceptors (Lipinski definition) is 1. The minimum absolute atomic E-state index is 0.257. The van der Waals surface area contributed by atoms with Gasteiger partial charge in [0.25, 0.3) is 0 Å². The molecule has 0 saturated heterocycles. The lowest BCUT2D eigenvalue weighted by Gasteiger charge is -2.04. The van der Waals surface area contributed by atoms with E-state index in [2.05, 4.69) is 4.98 Å². The molecule has 0 atom stereocenters. The molecule has 0 aliphatic heterocycles. The SMILES string of the molecule is Cc1cn2cc(-c3ccccc3F)cc(F)c2n1. The maximum atomic E-state index is 13.9. The molecular formula is C14H10F2N2. The number of fused-ring (bicyclic) bond motifs is 1. The van der Waals surface area contributed by atoms with Crippen LogP contribution in [0.5, 0.6) is 0 Å². The van der Waals surface area contributed by atoms with Gasteiger partial charge in [0.2, 0.25) is 0 Å². The van der Waals surface area contributed by atoms with Gasteiger partial charge in [-0.3, -0.25) is 0 Å². The van der Waals surface area contributed by atoms with Gasteiger partial charge in [0.15, 0.2) is 11.5 Å². The Morgan fingerprint density at radius 1 is 1.06 bits per heavy atom. The van der Waals surface area contributed by atoms with Crippen LogP contribution in [0.15, 0.2) is 42.7 Å². The lowest BCUT2D eigenvalue weighted by molar-refractivity contribution is 0.625. The van der Waals surface area contributed by atoms with Crippen molar-refractivity contribution in [2.75, 3.05) is 0 Å². The topological polar surface area (TPSA) is 17.3 Å². The van der Waals surface area contributed by atoms with Crippen molar-refractivity contribution >= 4 is 5.65 Å². The average Bonchev–Trinajstić information content (AvgIpc) is 2.71. The van der Waals surface area contributed by atoms with Crippen LogP contribution < -0.4 is 0 Å². The molecule has 2 nitrogen and oxygen atoms in total. The number of halogens is 2. The molecule has 0 N–H and O–H groups in total. The van der Waals surface area contributed by atoms with Crippen LogP contribution in [0.1, 0.15) is 5.69 Å². The molecule has 0 radical (unpaired) electrons. The molecule has 0 amide bonds. The van der Waals surface area contributed by atoms with Gasteiger partial charge in [-0.2, -0.15) is 0 Å². The summed E-state index contributed by atoms with van der Waals surface area (Å²) in [6, 6.07) is 7.62. The second-order valence-electron chi connectivity index (χ2n) is 4.17. The maximum Gasteiger partial charge on any atom is 0.173 e. The lowest BCUT2D eigenvalue weighted by atomic mass is 10.1. The average molecular weight is 244 g/mol. The molecular weight excluding hydrogens is 234 g/mol. The third-order valence-corrected chi connectivity index (χ3v) is 2.81. The Bertz CT molecular complexity index is 732. The fourth-order valence-corrected chi connectivity index (χ4v) is 2.02. The lowest BCUT2D eigenvalue weighted by Crippen LogP contribution is -1.92. The van der Waals surface area contributed by atoms with E-state index in [9.17, 15) is 8.78 Å². The molecule has 2 aromatic heterocycles. The zero-order chi connectivity index (χ0) is 12.7. The number of aromatic nitrogens is 2. The summed E-state index contributed by atoms with van der Waals surface area (Å²) in [6.07, 6.45) is 3.39. The minimum atomic E-state index is -0.455. The molecule has 4 heteroatoms. The van der Waals surface area contributed by atoms with Crippen LogP contribution in [0.25, 0.3) is 16.8 Å². The second-order valence-corrected chi connectivity index (χ2v) is 4.17. The highest BCUT2D eigenvalue weighted by Crippen LogP contribution is 2.24. The van der Waals surface area contributed by atoms with E-state index in [1.54, 1.807) is 41.9 Å². The van der Waals surface area contributed by atoms with Gasteiger partial charge in [-0.1, -0.05) is 18.2 Å². The van der Waals surface area contributed by atoms with Gasteiger partial charge in [-0.25, -0.2) is 13.8 Å². The van der Waals surface area contributed by atoms with Crippen LogP contribution in [0, 0.1) is 18.6 Å². The van der Waals surface area contributed by atoms with Crippen LogP contribution >= 0.6 is 0 Å². The predicted octanol–water partition coefficient (Wildman–Crippen LogP) is 3.59. The van der Waals surface area contributed by atoms with E-state index in [0.717, 1.165) is 5.69 Å². The molecule has 90 valence electrons. The molecule has 2 heterocycles. The highest BCUT2D eigenvalue weighted by atomic mass is 19.1. The Hall–Kier alpha value is -2.23. The third-order valence-electron chi connectivity index (χ3n) is 2.81. The summed E-state index contributed by atoms with van der Waals surface area (Å²) in [4.78, 5) is 4.06. The number of imidazole rings is 1. The molecule has 0 unspecified atom stereocenters.